The summed E-state index contributed by atoms with van der Waals surface area (Å²) in [6.45, 7) is 0. The number of nitrogens with two attached hydrogens (primary N) is 2. The van der Waals surface area contributed by atoms with Crippen LogP contribution in [0.25, 0.3) is 0 Å². The maximum Gasteiger partial charge on any atom is 0.201 e. The van der Waals surface area contributed by atoms with Crippen LogP contribution in [0.2, 0.25) is 10.0 Å². The number of benzene rings is 1. The molecule has 0 aliphatic carbocycles. The molecule has 0 amide bonds. The monoisotopic (exact) mass is 259 g/mol. The fourth-order valence-electron chi connectivity index (χ4n) is 1.01. The molecule has 0 unspecified atom stereocenters. The van der Waals surface area contributed by atoms with Gasteiger partial charge in [0.05, 0.1) is 10.0 Å². The molecule has 7 heteroatoms. The first kappa shape index (κ1) is 12.6. The Morgan fingerprint density at radius 1 is 1.38 bits per heavy atom. The van der Waals surface area contributed by atoms with Crippen LogP contribution in [0.15, 0.2) is 28.3 Å². The summed E-state index contributed by atoms with van der Waals surface area (Å²) in [5, 5.41) is 4.15. The number of hydrogen-bond donors (Lipinski definition) is 2. The quantitative estimate of drug-likeness (QED) is 0.367. The van der Waals surface area contributed by atoms with E-state index in [1.54, 1.807) is 30.1 Å². The maximum atomic E-state index is 5.88. The minimum atomic E-state index is 0.243. The first-order valence-electron chi connectivity index (χ1n) is 4.30. The average Bonchev–Trinajstić information content (AvgIpc) is 2.28. The fourth-order valence-corrected chi connectivity index (χ4v) is 1.30. The molecule has 0 aliphatic rings. The van der Waals surface area contributed by atoms with Crippen LogP contribution in [0.5, 0.6) is 0 Å². The molecule has 0 spiro atoms. The Bertz CT molecular complexity index is 430. The third-order valence-electron chi connectivity index (χ3n) is 1.89. The molecule has 4 N–H and O–H groups in total. The van der Waals surface area contributed by atoms with Gasteiger partial charge < -0.3 is 16.5 Å². The highest BCUT2D eigenvalue weighted by Crippen LogP contribution is 2.26. The van der Waals surface area contributed by atoms with Crippen molar-refractivity contribution >= 4 is 41.2 Å². The van der Waals surface area contributed by atoms with Crippen molar-refractivity contribution in [1.82, 2.24) is 0 Å². The second-order valence-electron chi connectivity index (χ2n) is 2.91. The first-order valence-corrected chi connectivity index (χ1v) is 5.05. The Kier molecular flexibility index (Phi) is 4.39. The predicted molar refractivity (Wildman–Crippen MR) is 69.2 cm³/mol. The van der Waals surface area contributed by atoms with Gasteiger partial charge in [0.1, 0.15) is 6.34 Å². The van der Waals surface area contributed by atoms with Gasteiger partial charge in [0.25, 0.3) is 0 Å². The van der Waals surface area contributed by atoms with E-state index >= 15 is 0 Å². The summed E-state index contributed by atoms with van der Waals surface area (Å²) < 4.78 is 0. The van der Waals surface area contributed by atoms with Gasteiger partial charge in [-0.1, -0.05) is 23.2 Å². The third kappa shape index (κ3) is 3.01. The van der Waals surface area contributed by atoms with Gasteiger partial charge >= 0.3 is 0 Å². The van der Waals surface area contributed by atoms with Crippen molar-refractivity contribution in [3.05, 3.63) is 28.2 Å². The average molecular weight is 260 g/mol. The minimum Gasteiger partial charge on any atom is -0.369 e. The highest BCUT2D eigenvalue weighted by atomic mass is 35.5. The molecule has 1 aromatic rings. The molecule has 0 radical (unpaired) electrons. The van der Waals surface area contributed by atoms with Crippen molar-refractivity contribution < 1.29 is 0 Å². The lowest BCUT2D eigenvalue weighted by Crippen LogP contribution is -2.33. The molecule has 16 heavy (non-hydrogen) atoms. The van der Waals surface area contributed by atoms with Crippen molar-refractivity contribution in [2.45, 2.75) is 0 Å². The molecule has 0 saturated heterocycles. The minimum absolute atomic E-state index is 0.243. The number of anilines is 1. The highest BCUT2D eigenvalue weighted by Gasteiger charge is 2.06. The maximum absolute atomic E-state index is 5.88. The van der Waals surface area contributed by atoms with Gasteiger partial charge in [-0.2, -0.15) is 5.10 Å². The number of rotatable bonds is 2. The summed E-state index contributed by atoms with van der Waals surface area (Å²) >= 11 is 11.7. The third-order valence-corrected chi connectivity index (χ3v) is 2.63. The van der Waals surface area contributed by atoms with Crippen LogP contribution in [-0.4, -0.2) is 19.3 Å². The number of hydrogen-bond acceptors (Lipinski definition) is 2. The summed E-state index contributed by atoms with van der Waals surface area (Å²) in [7, 11) is 1.74. The van der Waals surface area contributed by atoms with Crippen LogP contribution in [-0.2, 0) is 0 Å². The van der Waals surface area contributed by atoms with Crippen LogP contribution in [0.4, 0.5) is 5.69 Å². The molecule has 0 heterocycles. The Hall–Kier alpha value is -1.46. The number of aliphatic imine (C=N–C) groups is 1. The molecule has 0 atom stereocenters. The van der Waals surface area contributed by atoms with E-state index in [4.69, 9.17) is 34.8 Å². The molecular weight excluding hydrogens is 249 g/mol. The van der Waals surface area contributed by atoms with Gasteiger partial charge in [0.2, 0.25) is 5.96 Å². The van der Waals surface area contributed by atoms with Crippen molar-refractivity contribution in [2.75, 3.05) is 11.9 Å². The smallest absolute Gasteiger partial charge is 0.201 e. The van der Waals surface area contributed by atoms with Crippen molar-refractivity contribution in [3.8, 4) is 0 Å². The molecular formula is C9H11Cl2N5. The van der Waals surface area contributed by atoms with Crippen LogP contribution in [0.3, 0.4) is 0 Å². The normalized spacial score (nSPS) is 12.1. The summed E-state index contributed by atoms with van der Waals surface area (Å²) in [4.78, 5) is 5.43. The first-order chi connectivity index (χ1) is 7.56. The van der Waals surface area contributed by atoms with Crippen LogP contribution >= 0.6 is 23.2 Å². The van der Waals surface area contributed by atoms with E-state index in [2.05, 4.69) is 10.1 Å². The summed E-state index contributed by atoms with van der Waals surface area (Å²) in [6.07, 6.45) is 1.16. The Morgan fingerprint density at radius 3 is 2.62 bits per heavy atom. The molecule has 0 bridgehead atoms. The zero-order chi connectivity index (χ0) is 12.1. The van der Waals surface area contributed by atoms with Gasteiger partial charge in [0.15, 0.2) is 0 Å². The molecule has 1 rings (SSSR count). The standard InChI is InChI=1S/C9H11Cl2N5/c1-16(9(12)14-5-15-13)6-2-3-7(10)8(11)4-6/h2-5H,13H2,1H3,(H2,12,14,15). The Morgan fingerprint density at radius 2 is 2.06 bits per heavy atom. The van der Waals surface area contributed by atoms with E-state index in [0.29, 0.717) is 10.0 Å². The molecule has 86 valence electrons. The van der Waals surface area contributed by atoms with E-state index in [1.165, 1.54) is 0 Å². The summed E-state index contributed by atoms with van der Waals surface area (Å²) in [5.74, 6) is 5.15. The van der Waals surface area contributed by atoms with Crippen molar-refractivity contribution in [2.24, 2.45) is 21.7 Å². The molecule has 0 saturated carbocycles. The molecule has 5 nitrogen and oxygen atoms in total. The van der Waals surface area contributed by atoms with Gasteiger partial charge in [-0.25, -0.2) is 4.99 Å². The van der Waals surface area contributed by atoms with Gasteiger partial charge in [0, 0.05) is 12.7 Å². The topological polar surface area (TPSA) is 80.0 Å². The lowest BCUT2D eigenvalue weighted by Gasteiger charge is -2.17. The van der Waals surface area contributed by atoms with E-state index in [-0.39, 0.29) is 5.96 Å². The van der Waals surface area contributed by atoms with Crippen LogP contribution < -0.4 is 16.5 Å². The largest absolute Gasteiger partial charge is 0.369 e. The Balaban J connectivity index is 2.96. The van der Waals surface area contributed by atoms with Gasteiger partial charge in [-0.15, -0.1) is 0 Å². The van der Waals surface area contributed by atoms with Crippen LogP contribution in [0.1, 0.15) is 0 Å². The van der Waals surface area contributed by atoms with E-state index in [0.717, 1.165) is 12.0 Å². The number of guanidine groups is 1. The lowest BCUT2D eigenvalue weighted by atomic mass is 10.3. The number of nitrogens with zero attached hydrogens (tertiary/aromatic N) is 3. The lowest BCUT2D eigenvalue weighted by molar-refractivity contribution is 1.21. The van der Waals surface area contributed by atoms with Gasteiger partial charge in [-0.3, -0.25) is 0 Å². The molecule has 1 aromatic carbocycles. The second kappa shape index (κ2) is 5.58. The van der Waals surface area contributed by atoms with Gasteiger partial charge in [-0.05, 0) is 18.2 Å². The molecule has 0 aliphatic heterocycles. The predicted octanol–water partition coefficient (Wildman–Crippen LogP) is 1.65. The van der Waals surface area contributed by atoms with Crippen LogP contribution in [0, 0.1) is 0 Å². The van der Waals surface area contributed by atoms with E-state index < -0.39 is 0 Å². The number of halogens is 2. The molecule has 0 aromatic heterocycles. The highest BCUT2D eigenvalue weighted by molar-refractivity contribution is 6.42. The Labute approximate surface area is 103 Å². The van der Waals surface area contributed by atoms with E-state index in [1.807, 2.05) is 0 Å². The fraction of sp³-hybridized carbons (Fsp3) is 0.111. The van der Waals surface area contributed by atoms with Crippen molar-refractivity contribution in [3.63, 3.8) is 0 Å². The zero-order valence-corrected chi connectivity index (χ0v) is 10.1. The second-order valence-corrected chi connectivity index (χ2v) is 3.72. The summed E-state index contributed by atoms with van der Waals surface area (Å²) in [6, 6.07) is 5.14. The number of hydrazone groups is 1. The SMILES string of the molecule is CN(C(N)=NC=NN)c1ccc(Cl)c(Cl)c1. The molecule has 0 fully saturated rings. The van der Waals surface area contributed by atoms with Crippen molar-refractivity contribution in [1.29, 1.82) is 0 Å². The zero-order valence-electron chi connectivity index (χ0n) is 8.56. The van der Waals surface area contributed by atoms with E-state index in [9.17, 15) is 0 Å². The summed E-state index contributed by atoms with van der Waals surface area (Å²) in [5.41, 5.74) is 6.44.